The topological polar surface area (TPSA) is 85.6 Å². The van der Waals surface area contributed by atoms with Crippen molar-refractivity contribution in [2.24, 2.45) is 5.92 Å². The molecule has 7 nitrogen and oxygen atoms in total. The summed E-state index contributed by atoms with van der Waals surface area (Å²) >= 11 is 5.41. The van der Waals surface area contributed by atoms with Gasteiger partial charge in [0, 0.05) is 11.1 Å². The Kier molecular flexibility index (Phi) is 7.55. The van der Waals surface area contributed by atoms with Crippen molar-refractivity contribution in [3.05, 3.63) is 71.3 Å². The Morgan fingerprint density at radius 1 is 1.08 bits per heavy atom. The molecule has 186 valence electrons. The summed E-state index contributed by atoms with van der Waals surface area (Å²) in [6.07, 6.45) is 0. The zero-order valence-electron chi connectivity index (χ0n) is 21.0. The third-order valence-electron chi connectivity index (χ3n) is 5.61. The molecule has 4 rings (SSSR count). The number of rotatable bonds is 7. The largest absolute Gasteiger partial charge is 0.495 e. The minimum atomic E-state index is -0.345. The zero-order valence-corrected chi connectivity index (χ0v) is 21.8. The Morgan fingerprint density at radius 2 is 1.86 bits per heavy atom. The standard InChI is InChI=1S/C28H29N3O4S/c1-16(2)15-34-21-8-6-7-19(13-21)26(32)31-28(36)30-23-14-20(9-10-24(23)33-5)27-29-22-11-17(3)18(4)12-25(22)35-27/h6-14,16H,15H2,1-5H3,(H2,30,31,32,36). The third kappa shape index (κ3) is 5.83. The van der Waals surface area contributed by atoms with E-state index in [2.05, 4.69) is 29.5 Å². The molecule has 36 heavy (non-hydrogen) atoms. The molecular formula is C28H29N3O4S. The number of carbonyl (C=O) groups excluding carboxylic acids is 1. The molecule has 0 saturated carbocycles. The average Bonchev–Trinajstić information content (AvgIpc) is 3.25. The SMILES string of the molecule is COc1ccc(-c2nc3cc(C)c(C)cc3o2)cc1NC(=S)NC(=O)c1cccc(OCC(C)C)c1. The Morgan fingerprint density at radius 3 is 2.61 bits per heavy atom. The number of benzene rings is 3. The fraction of sp³-hybridized carbons (Fsp3) is 0.250. The first kappa shape index (κ1) is 25.2. The van der Waals surface area contributed by atoms with Crippen molar-refractivity contribution in [2.75, 3.05) is 19.0 Å². The van der Waals surface area contributed by atoms with E-state index in [9.17, 15) is 4.79 Å². The number of ether oxygens (including phenoxy) is 2. The first-order chi connectivity index (χ1) is 17.2. The van der Waals surface area contributed by atoms with Gasteiger partial charge in [0.2, 0.25) is 5.89 Å². The second kappa shape index (κ2) is 10.8. The lowest BCUT2D eigenvalue weighted by atomic mass is 10.1. The Labute approximate surface area is 215 Å². The van der Waals surface area contributed by atoms with E-state index in [1.165, 1.54) is 0 Å². The van der Waals surface area contributed by atoms with Crippen LogP contribution in [0.5, 0.6) is 11.5 Å². The van der Waals surface area contributed by atoms with E-state index in [-0.39, 0.29) is 11.0 Å². The van der Waals surface area contributed by atoms with Gasteiger partial charge < -0.3 is 19.2 Å². The minimum absolute atomic E-state index is 0.132. The van der Waals surface area contributed by atoms with Crippen molar-refractivity contribution in [1.82, 2.24) is 10.3 Å². The molecule has 0 unspecified atom stereocenters. The maximum Gasteiger partial charge on any atom is 0.257 e. The summed E-state index contributed by atoms with van der Waals surface area (Å²) in [7, 11) is 1.56. The number of nitrogens with zero attached hydrogens (tertiary/aromatic N) is 1. The van der Waals surface area contributed by atoms with Gasteiger partial charge in [0.1, 0.15) is 17.0 Å². The number of aryl methyl sites for hydroxylation is 2. The van der Waals surface area contributed by atoms with Crippen molar-refractivity contribution < 1.29 is 18.7 Å². The molecule has 1 heterocycles. The number of methoxy groups -OCH3 is 1. The fourth-order valence-corrected chi connectivity index (χ4v) is 3.76. The number of nitrogens with one attached hydrogen (secondary N) is 2. The maximum atomic E-state index is 12.8. The molecule has 0 saturated heterocycles. The van der Waals surface area contributed by atoms with E-state index in [1.54, 1.807) is 31.4 Å². The maximum absolute atomic E-state index is 12.8. The summed E-state index contributed by atoms with van der Waals surface area (Å²) in [5.74, 6) is 1.71. The Hall–Kier alpha value is -3.91. The van der Waals surface area contributed by atoms with E-state index >= 15 is 0 Å². The van der Waals surface area contributed by atoms with Gasteiger partial charge >= 0.3 is 0 Å². The van der Waals surface area contributed by atoms with Crippen molar-refractivity contribution in [2.45, 2.75) is 27.7 Å². The van der Waals surface area contributed by atoms with Crippen molar-refractivity contribution in [3.8, 4) is 23.0 Å². The second-order valence-electron chi connectivity index (χ2n) is 8.98. The van der Waals surface area contributed by atoms with Gasteiger partial charge in [-0.25, -0.2) is 4.98 Å². The number of hydrogen-bond acceptors (Lipinski definition) is 6. The van der Waals surface area contributed by atoms with E-state index < -0.39 is 0 Å². The van der Waals surface area contributed by atoms with Crippen molar-refractivity contribution >= 4 is 40.0 Å². The van der Waals surface area contributed by atoms with Crippen molar-refractivity contribution in [3.63, 3.8) is 0 Å². The first-order valence-corrected chi connectivity index (χ1v) is 12.1. The van der Waals surface area contributed by atoms with Crippen LogP contribution in [0, 0.1) is 19.8 Å². The molecule has 2 N–H and O–H groups in total. The zero-order chi connectivity index (χ0) is 25.8. The van der Waals surface area contributed by atoms with E-state index in [1.807, 2.05) is 44.2 Å². The summed E-state index contributed by atoms with van der Waals surface area (Å²) in [6, 6.07) is 16.5. The molecule has 0 fully saturated rings. The number of fused-ring (bicyclic) bond motifs is 1. The van der Waals surface area contributed by atoms with Crippen LogP contribution in [0.3, 0.4) is 0 Å². The van der Waals surface area contributed by atoms with Crippen LogP contribution in [0.15, 0.2) is 59.0 Å². The lowest BCUT2D eigenvalue weighted by Crippen LogP contribution is -2.34. The number of hydrogen-bond donors (Lipinski definition) is 2. The van der Waals surface area contributed by atoms with Crippen LogP contribution in [-0.2, 0) is 0 Å². The van der Waals surface area contributed by atoms with Gasteiger partial charge in [-0.05, 0) is 91.6 Å². The molecule has 1 amide bonds. The monoisotopic (exact) mass is 503 g/mol. The highest BCUT2D eigenvalue weighted by Gasteiger charge is 2.15. The smallest absolute Gasteiger partial charge is 0.257 e. The molecule has 4 aromatic rings. The highest BCUT2D eigenvalue weighted by atomic mass is 32.1. The van der Waals surface area contributed by atoms with Crippen LogP contribution in [0.2, 0.25) is 0 Å². The highest BCUT2D eigenvalue weighted by Crippen LogP contribution is 2.32. The van der Waals surface area contributed by atoms with Crippen LogP contribution in [0.25, 0.3) is 22.6 Å². The van der Waals surface area contributed by atoms with Gasteiger partial charge in [0.25, 0.3) is 5.91 Å². The number of thiocarbonyl (C=S) groups is 1. The quantitative estimate of drug-likeness (QED) is 0.287. The predicted molar refractivity (Wildman–Crippen MR) is 146 cm³/mol. The van der Waals surface area contributed by atoms with Gasteiger partial charge in [-0.1, -0.05) is 19.9 Å². The van der Waals surface area contributed by atoms with E-state index in [4.69, 9.17) is 26.1 Å². The fourth-order valence-electron chi connectivity index (χ4n) is 3.56. The molecule has 0 aliphatic heterocycles. The van der Waals surface area contributed by atoms with Crippen LogP contribution in [0.1, 0.15) is 35.3 Å². The minimum Gasteiger partial charge on any atom is -0.495 e. The highest BCUT2D eigenvalue weighted by molar-refractivity contribution is 7.80. The van der Waals surface area contributed by atoms with Crippen LogP contribution in [0.4, 0.5) is 5.69 Å². The lowest BCUT2D eigenvalue weighted by molar-refractivity contribution is 0.0977. The molecule has 3 aromatic carbocycles. The molecule has 0 aliphatic rings. The number of amides is 1. The van der Waals surface area contributed by atoms with Gasteiger partial charge in [0.15, 0.2) is 10.7 Å². The summed E-state index contributed by atoms with van der Waals surface area (Å²) in [6.45, 7) is 8.78. The molecular weight excluding hydrogens is 474 g/mol. The summed E-state index contributed by atoms with van der Waals surface area (Å²) in [5, 5.41) is 5.90. The first-order valence-electron chi connectivity index (χ1n) is 11.6. The van der Waals surface area contributed by atoms with Crippen molar-refractivity contribution in [1.29, 1.82) is 0 Å². The molecule has 1 aromatic heterocycles. The Balaban J connectivity index is 1.51. The Bertz CT molecular complexity index is 1390. The molecule has 0 bridgehead atoms. The predicted octanol–water partition coefficient (Wildman–Crippen LogP) is 6.28. The lowest BCUT2D eigenvalue weighted by Gasteiger charge is -2.14. The molecule has 0 aliphatic carbocycles. The number of oxazole rings is 1. The molecule has 0 spiro atoms. The van der Waals surface area contributed by atoms with E-state index in [0.29, 0.717) is 41.2 Å². The number of carbonyl (C=O) groups is 1. The van der Waals surface area contributed by atoms with Gasteiger partial charge in [0.05, 0.1) is 19.4 Å². The summed E-state index contributed by atoms with van der Waals surface area (Å²) < 4.78 is 17.2. The van der Waals surface area contributed by atoms with Gasteiger partial charge in [-0.2, -0.15) is 0 Å². The van der Waals surface area contributed by atoms with Crippen LogP contribution < -0.4 is 20.1 Å². The molecule has 0 atom stereocenters. The van der Waals surface area contributed by atoms with Crippen LogP contribution >= 0.6 is 12.2 Å². The third-order valence-corrected chi connectivity index (χ3v) is 5.81. The number of anilines is 1. The normalized spacial score (nSPS) is 10.9. The molecule has 0 radical (unpaired) electrons. The van der Waals surface area contributed by atoms with E-state index in [0.717, 1.165) is 27.8 Å². The van der Waals surface area contributed by atoms with Gasteiger partial charge in [-0.15, -0.1) is 0 Å². The molecule has 8 heteroatoms. The summed E-state index contributed by atoms with van der Waals surface area (Å²) in [5.41, 5.74) is 5.57. The second-order valence-corrected chi connectivity index (χ2v) is 9.39. The van der Waals surface area contributed by atoms with Crippen LogP contribution in [-0.4, -0.2) is 29.7 Å². The summed E-state index contributed by atoms with van der Waals surface area (Å²) in [4.78, 5) is 17.4. The average molecular weight is 504 g/mol. The number of aromatic nitrogens is 1. The van der Waals surface area contributed by atoms with Gasteiger partial charge in [-0.3, -0.25) is 10.1 Å².